The summed E-state index contributed by atoms with van der Waals surface area (Å²) in [4.78, 5) is 0. The van der Waals surface area contributed by atoms with Crippen LogP contribution in [0.1, 0.15) is 5.56 Å². The molecule has 112 valence electrons. The summed E-state index contributed by atoms with van der Waals surface area (Å²) in [5.41, 5.74) is 3.14. The molecule has 0 saturated carbocycles. The standard InChI is InChI=1S/C19H13Cl2N2/c20-14-6-8-18-16(10-14)17-11-15(21)7-9-19(17)23(22-18)12-13-4-2-1-3-5-13/h1-11H,12H2/q+1. The molecule has 4 heteroatoms. The van der Waals surface area contributed by atoms with E-state index in [0.717, 1.165) is 21.8 Å². The number of aromatic nitrogens is 2. The van der Waals surface area contributed by atoms with E-state index in [4.69, 9.17) is 28.3 Å². The van der Waals surface area contributed by atoms with Gasteiger partial charge >= 0.3 is 0 Å². The monoisotopic (exact) mass is 339 g/mol. The summed E-state index contributed by atoms with van der Waals surface area (Å²) in [6.07, 6.45) is 0. The Labute approximate surface area is 143 Å². The van der Waals surface area contributed by atoms with Crippen molar-refractivity contribution < 1.29 is 4.68 Å². The van der Waals surface area contributed by atoms with Crippen LogP contribution >= 0.6 is 23.2 Å². The van der Waals surface area contributed by atoms with Crippen LogP contribution in [0.2, 0.25) is 10.0 Å². The predicted molar refractivity (Wildman–Crippen MR) is 95.0 cm³/mol. The van der Waals surface area contributed by atoms with E-state index in [0.29, 0.717) is 16.6 Å². The normalized spacial score (nSPS) is 11.2. The van der Waals surface area contributed by atoms with E-state index in [9.17, 15) is 0 Å². The molecule has 0 unspecified atom stereocenters. The Bertz CT molecular complexity index is 1010. The molecule has 0 aliphatic carbocycles. The molecule has 3 aromatic carbocycles. The average Bonchev–Trinajstić information content (AvgIpc) is 2.56. The quantitative estimate of drug-likeness (QED) is 0.369. The fourth-order valence-electron chi connectivity index (χ4n) is 2.82. The van der Waals surface area contributed by atoms with E-state index in [-0.39, 0.29) is 0 Å². The van der Waals surface area contributed by atoms with Gasteiger partial charge in [0, 0.05) is 32.2 Å². The minimum atomic E-state index is 0.696. The summed E-state index contributed by atoms with van der Waals surface area (Å²) >= 11 is 12.4. The first kappa shape index (κ1) is 14.4. The van der Waals surface area contributed by atoms with Crippen LogP contribution in [-0.2, 0) is 6.54 Å². The lowest BCUT2D eigenvalue weighted by atomic mass is 10.1. The predicted octanol–water partition coefficient (Wildman–Crippen LogP) is 5.03. The number of fused-ring (bicyclic) bond motifs is 3. The summed E-state index contributed by atoms with van der Waals surface area (Å²) in [7, 11) is 0. The number of benzene rings is 3. The highest BCUT2D eigenvalue weighted by atomic mass is 35.5. The Morgan fingerprint density at radius 1 is 0.783 bits per heavy atom. The minimum absolute atomic E-state index is 0.696. The molecule has 4 aromatic rings. The average molecular weight is 340 g/mol. The zero-order chi connectivity index (χ0) is 15.8. The van der Waals surface area contributed by atoms with E-state index in [1.165, 1.54) is 5.56 Å². The van der Waals surface area contributed by atoms with E-state index >= 15 is 0 Å². The Balaban J connectivity index is 2.01. The summed E-state index contributed by atoms with van der Waals surface area (Å²) < 4.78 is 2.01. The van der Waals surface area contributed by atoms with E-state index in [1.807, 2.05) is 59.3 Å². The van der Waals surface area contributed by atoms with Crippen molar-refractivity contribution in [3.8, 4) is 0 Å². The van der Waals surface area contributed by atoms with Gasteiger partial charge in [0.25, 0.3) is 0 Å². The van der Waals surface area contributed by atoms with Crippen LogP contribution in [0.5, 0.6) is 0 Å². The molecule has 23 heavy (non-hydrogen) atoms. The molecule has 0 aliphatic rings. The first-order chi connectivity index (χ1) is 11.2. The van der Waals surface area contributed by atoms with Crippen molar-refractivity contribution >= 4 is 45.0 Å². The smallest absolute Gasteiger partial charge is 0.0843 e. The Hall–Kier alpha value is -2.16. The number of nitrogens with zero attached hydrogens (tertiary/aromatic N) is 2. The van der Waals surface area contributed by atoms with Crippen molar-refractivity contribution in [2.75, 3.05) is 0 Å². The van der Waals surface area contributed by atoms with Crippen LogP contribution in [0.4, 0.5) is 0 Å². The molecule has 0 amide bonds. The maximum Gasteiger partial charge on any atom is 0.240 e. The molecule has 0 spiro atoms. The van der Waals surface area contributed by atoms with E-state index < -0.39 is 0 Å². The van der Waals surface area contributed by atoms with Gasteiger partial charge in [0.15, 0.2) is 6.54 Å². The van der Waals surface area contributed by atoms with Crippen molar-refractivity contribution in [2.24, 2.45) is 0 Å². The lowest BCUT2D eigenvalue weighted by molar-refractivity contribution is -0.719. The van der Waals surface area contributed by atoms with Crippen molar-refractivity contribution in [3.05, 3.63) is 82.3 Å². The van der Waals surface area contributed by atoms with Crippen molar-refractivity contribution in [1.29, 1.82) is 0 Å². The third-order valence-electron chi connectivity index (χ3n) is 3.89. The number of halogens is 2. The van der Waals surface area contributed by atoms with E-state index in [1.54, 1.807) is 0 Å². The van der Waals surface area contributed by atoms with Gasteiger partial charge in [-0.25, -0.2) is 0 Å². The second-order valence-electron chi connectivity index (χ2n) is 5.47. The SMILES string of the molecule is Clc1ccc2n[n+](Cc3ccccc3)c3ccc(Cl)cc3c2c1. The second kappa shape index (κ2) is 5.80. The van der Waals surface area contributed by atoms with Crippen molar-refractivity contribution in [2.45, 2.75) is 6.54 Å². The summed E-state index contributed by atoms with van der Waals surface area (Å²) in [6, 6.07) is 21.9. The maximum atomic E-state index is 6.21. The van der Waals surface area contributed by atoms with Gasteiger partial charge < -0.3 is 0 Å². The van der Waals surface area contributed by atoms with Gasteiger partial charge in [-0.1, -0.05) is 58.2 Å². The lowest BCUT2D eigenvalue weighted by Gasteiger charge is -2.05. The van der Waals surface area contributed by atoms with Crippen molar-refractivity contribution in [1.82, 2.24) is 5.10 Å². The largest absolute Gasteiger partial charge is 0.240 e. The molecule has 0 N–H and O–H groups in total. The van der Waals surface area contributed by atoms with Gasteiger partial charge in [0.05, 0.1) is 5.39 Å². The van der Waals surface area contributed by atoms with Gasteiger partial charge in [-0.3, -0.25) is 0 Å². The number of hydrogen-bond donors (Lipinski definition) is 0. The topological polar surface area (TPSA) is 16.8 Å². The molecule has 1 aromatic heterocycles. The van der Waals surface area contributed by atoms with Gasteiger partial charge in [0.1, 0.15) is 5.52 Å². The van der Waals surface area contributed by atoms with Crippen LogP contribution < -0.4 is 4.68 Å². The molecule has 0 fully saturated rings. The molecular formula is C19H13Cl2N2+. The van der Waals surface area contributed by atoms with Crippen LogP contribution in [0, 0.1) is 0 Å². The number of hydrogen-bond acceptors (Lipinski definition) is 1. The zero-order valence-electron chi connectivity index (χ0n) is 12.2. The molecule has 0 aliphatic heterocycles. The Morgan fingerprint density at radius 3 is 2.26 bits per heavy atom. The fourth-order valence-corrected chi connectivity index (χ4v) is 3.17. The maximum absolute atomic E-state index is 6.21. The van der Waals surface area contributed by atoms with Gasteiger partial charge in [-0.15, -0.1) is 0 Å². The molecule has 4 rings (SSSR count). The third kappa shape index (κ3) is 2.76. The van der Waals surface area contributed by atoms with Gasteiger partial charge in [-0.05, 0) is 30.3 Å². The van der Waals surface area contributed by atoms with Crippen molar-refractivity contribution in [3.63, 3.8) is 0 Å². The first-order valence-corrected chi connectivity index (χ1v) is 8.09. The van der Waals surface area contributed by atoms with Gasteiger partial charge in [-0.2, -0.15) is 0 Å². The molecule has 0 radical (unpaired) electrons. The summed E-state index contributed by atoms with van der Waals surface area (Å²) in [6.45, 7) is 0.706. The first-order valence-electron chi connectivity index (χ1n) is 7.33. The summed E-state index contributed by atoms with van der Waals surface area (Å²) in [5.74, 6) is 0. The van der Waals surface area contributed by atoms with Crippen LogP contribution in [-0.4, -0.2) is 5.10 Å². The second-order valence-corrected chi connectivity index (χ2v) is 6.34. The van der Waals surface area contributed by atoms with Crippen LogP contribution in [0.15, 0.2) is 66.7 Å². The van der Waals surface area contributed by atoms with Gasteiger partial charge in [0.2, 0.25) is 5.52 Å². The molecule has 2 nitrogen and oxygen atoms in total. The molecule has 0 bridgehead atoms. The number of rotatable bonds is 2. The van der Waals surface area contributed by atoms with Crippen LogP contribution in [0.25, 0.3) is 21.8 Å². The molecular weight excluding hydrogens is 327 g/mol. The van der Waals surface area contributed by atoms with E-state index in [2.05, 4.69) is 12.1 Å². The summed E-state index contributed by atoms with van der Waals surface area (Å²) in [5, 5.41) is 8.25. The Morgan fingerprint density at radius 2 is 1.48 bits per heavy atom. The molecule has 0 atom stereocenters. The fraction of sp³-hybridized carbons (Fsp3) is 0.0526. The minimum Gasteiger partial charge on any atom is -0.0843 e. The highest BCUT2D eigenvalue weighted by Gasteiger charge is 2.16. The zero-order valence-corrected chi connectivity index (χ0v) is 13.7. The lowest BCUT2D eigenvalue weighted by Crippen LogP contribution is -2.39. The molecule has 0 saturated heterocycles. The Kier molecular flexibility index (Phi) is 3.64. The molecule has 1 heterocycles. The highest BCUT2D eigenvalue weighted by molar-refractivity contribution is 6.32. The van der Waals surface area contributed by atoms with Crippen LogP contribution in [0.3, 0.4) is 0 Å². The third-order valence-corrected chi connectivity index (χ3v) is 4.36. The highest BCUT2D eigenvalue weighted by Crippen LogP contribution is 2.26.